The second kappa shape index (κ2) is 5.91. The Morgan fingerprint density at radius 3 is 2.61 bits per heavy atom. The van der Waals surface area contributed by atoms with Crippen molar-refractivity contribution < 1.29 is 22.6 Å². The van der Waals surface area contributed by atoms with Crippen molar-refractivity contribution >= 4 is 15.9 Å². The summed E-state index contributed by atoms with van der Waals surface area (Å²) in [5, 5.41) is 8.67. The molecule has 1 rings (SSSR count). The number of alkyl halides is 4. The van der Waals surface area contributed by atoms with E-state index in [-0.39, 0.29) is 23.2 Å². The first-order valence-corrected chi connectivity index (χ1v) is 5.79. The maximum atomic E-state index is 12.2. The molecule has 1 heterocycles. The van der Waals surface area contributed by atoms with Gasteiger partial charge in [-0.2, -0.15) is 5.26 Å². The van der Waals surface area contributed by atoms with Crippen LogP contribution in [0.15, 0.2) is 6.07 Å². The Labute approximate surface area is 109 Å². The minimum Gasteiger partial charge on any atom is -0.478 e. The largest absolute Gasteiger partial charge is 0.573 e. The second-order valence-corrected chi connectivity index (χ2v) is 3.69. The van der Waals surface area contributed by atoms with Gasteiger partial charge in [0.05, 0.1) is 25.3 Å². The maximum absolute atomic E-state index is 12.2. The molecule has 0 aliphatic heterocycles. The highest BCUT2D eigenvalue weighted by Crippen LogP contribution is 2.35. The van der Waals surface area contributed by atoms with Crippen molar-refractivity contribution in [2.45, 2.75) is 18.1 Å². The van der Waals surface area contributed by atoms with Gasteiger partial charge in [-0.05, 0) is 6.07 Å². The number of pyridine rings is 1. The molecule has 0 N–H and O–H groups in total. The summed E-state index contributed by atoms with van der Waals surface area (Å²) < 4.78 is 45.4. The zero-order chi connectivity index (χ0) is 13.8. The summed E-state index contributed by atoms with van der Waals surface area (Å²) in [6.45, 7) is 0. The zero-order valence-corrected chi connectivity index (χ0v) is 10.8. The normalized spacial score (nSPS) is 10.9. The lowest BCUT2D eigenvalue weighted by Crippen LogP contribution is -2.19. The average Bonchev–Trinajstić information content (AvgIpc) is 2.29. The van der Waals surface area contributed by atoms with E-state index in [0.717, 1.165) is 0 Å². The van der Waals surface area contributed by atoms with E-state index < -0.39 is 12.1 Å². The first-order chi connectivity index (χ1) is 8.41. The van der Waals surface area contributed by atoms with Crippen LogP contribution in [0.5, 0.6) is 11.6 Å². The van der Waals surface area contributed by atoms with E-state index >= 15 is 0 Å². The van der Waals surface area contributed by atoms with E-state index in [1.54, 1.807) is 0 Å². The molecule has 0 radical (unpaired) electrons. The van der Waals surface area contributed by atoms with Gasteiger partial charge in [-0.25, -0.2) is 4.98 Å². The van der Waals surface area contributed by atoms with Crippen molar-refractivity contribution in [1.82, 2.24) is 4.98 Å². The third-order valence-electron chi connectivity index (χ3n) is 1.89. The molecular formula is C10H8BrF3N2O2. The van der Waals surface area contributed by atoms with Gasteiger partial charge in [0.1, 0.15) is 0 Å². The molecule has 0 amide bonds. The molecule has 1 aromatic rings. The van der Waals surface area contributed by atoms with Crippen LogP contribution in [0.25, 0.3) is 0 Å². The maximum Gasteiger partial charge on any atom is 0.573 e. The van der Waals surface area contributed by atoms with Gasteiger partial charge in [0.2, 0.25) is 0 Å². The summed E-state index contributed by atoms with van der Waals surface area (Å²) in [4.78, 5) is 3.78. The minimum absolute atomic E-state index is 0.0251. The minimum atomic E-state index is -4.83. The number of aromatic nitrogens is 1. The molecule has 0 fully saturated rings. The van der Waals surface area contributed by atoms with Crippen LogP contribution in [-0.4, -0.2) is 18.5 Å². The summed E-state index contributed by atoms with van der Waals surface area (Å²) in [6, 6.07) is 3.22. The Bertz CT molecular complexity index is 446. The molecule has 0 saturated carbocycles. The van der Waals surface area contributed by atoms with Gasteiger partial charge in [-0.1, -0.05) is 15.9 Å². The van der Waals surface area contributed by atoms with Crippen molar-refractivity contribution in [1.29, 1.82) is 5.26 Å². The zero-order valence-electron chi connectivity index (χ0n) is 9.21. The van der Waals surface area contributed by atoms with Gasteiger partial charge in [0, 0.05) is 10.9 Å². The molecule has 8 heteroatoms. The molecule has 0 saturated heterocycles. The third-order valence-corrected chi connectivity index (χ3v) is 2.49. The monoisotopic (exact) mass is 324 g/mol. The fourth-order valence-electron chi connectivity index (χ4n) is 1.25. The number of hydrogen-bond acceptors (Lipinski definition) is 4. The van der Waals surface area contributed by atoms with E-state index in [9.17, 15) is 13.2 Å². The summed E-state index contributed by atoms with van der Waals surface area (Å²) >= 11 is 3.05. The third kappa shape index (κ3) is 3.77. The van der Waals surface area contributed by atoms with Crippen LogP contribution in [0.4, 0.5) is 13.2 Å². The van der Waals surface area contributed by atoms with Gasteiger partial charge in [0.25, 0.3) is 5.88 Å². The van der Waals surface area contributed by atoms with Crippen molar-refractivity contribution in [3.8, 4) is 17.7 Å². The number of methoxy groups -OCH3 is 1. The highest BCUT2D eigenvalue weighted by Gasteiger charge is 2.34. The number of rotatable bonds is 4. The van der Waals surface area contributed by atoms with Crippen LogP contribution in [0.2, 0.25) is 0 Å². The molecule has 18 heavy (non-hydrogen) atoms. The smallest absolute Gasteiger partial charge is 0.478 e. The lowest BCUT2D eigenvalue weighted by molar-refractivity contribution is -0.275. The van der Waals surface area contributed by atoms with Gasteiger partial charge in [-0.3, -0.25) is 0 Å². The Kier molecular flexibility index (Phi) is 4.78. The summed E-state index contributed by atoms with van der Waals surface area (Å²) in [7, 11) is 1.18. The molecule has 0 unspecified atom stereocenters. The van der Waals surface area contributed by atoms with Crippen LogP contribution >= 0.6 is 15.9 Å². The molecule has 0 bridgehead atoms. The Morgan fingerprint density at radius 2 is 2.17 bits per heavy atom. The molecule has 1 aromatic heterocycles. The first-order valence-electron chi connectivity index (χ1n) is 4.66. The lowest BCUT2D eigenvalue weighted by atomic mass is 10.2. The number of halogens is 4. The topological polar surface area (TPSA) is 55.1 Å². The molecule has 0 aromatic carbocycles. The Hall–Kier alpha value is -1.49. The fourth-order valence-corrected chi connectivity index (χ4v) is 1.67. The van der Waals surface area contributed by atoms with E-state index in [1.165, 1.54) is 13.2 Å². The number of ether oxygens (including phenoxy) is 2. The van der Waals surface area contributed by atoms with Crippen molar-refractivity contribution in [3.63, 3.8) is 0 Å². The number of nitriles is 1. The lowest BCUT2D eigenvalue weighted by Gasteiger charge is -2.15. The highest BCUT2D eigenvalue weighted by molar-refractivity contribution is 9.08. The molecule has 0 spiro atoms. The molecule has 0 aliphatic rings. The highest BCUT2D eigenvalue weighted by atomic mass is 79.9. The first kappa shape index (κ1) is 14.6. The van der Waals surface area contributed by atoms with Gasteiger partial charge >= 0.3 is 6.36 Å². The van der Waals surface area contributed by atoms with Crippen LogP contribution in [0.3, 0.4) is 0 Å². The number of hydrogen-bond donors (Lipinski definition) is 0. The van der Waals surface area contributed by atoms with Gasteiger partial charge < -0.3 is 9.47 Å². The van der Waals surface area contributed by atoms with Crippen LogP contribution in [-0.2, 0) is 11.8 Å². The van der Waals surface area contributed by atoms with Gasteiger partial charge in [0.15, 0.2) is 5.75 Å². The SMILES string of the molecule is COc1nc(CC#N)cc(CBr)c1OC(F)(F)F. The molecular weight excluding hydrogens is 317 g/mol. The van der Waals surface area contributed by atoms with Crippen molar-refractivity contribution in [2.75, 3.05) is 7.11 Å². The summed E-state index contributed by atoms with van der Waals surface area (Å²) in [5.74, 6) is -0.793. The van der Waals surface area contributed by atoms with Crippen molar-refractivity contribution in [2.24, 2.45) is 0 Å². The molecule has 4 nitrogen and oxygen atoms in total. The van der Waals surface area contributed by atoms with E-state index in [0.29, 0.717) is 5.69 Å². The molecule has 0 atom stereocenters. The van der Waals surface area contributed by atoms with Crippen LogP contribution in [0, 0.1) is 11.3 Å². The predicted octanol–water partition coefficient (Wildman–Crippen LogP) is 2.95. The second-order valence-electron chi connectivity index (χ2n) is 3.13. The predicted molar refractivity (Wildman–Crippen MR) is 59.4 cm³/mol. The van der Waals surface area contributed by atoms with E-state index in [1.807, 2.05) is 6.07 Å². The Balaban J connectivity index is 3.26. The standard InChI is InChI=1S/C10H8BrF3N2O2/c1-17-9-8(18-10(12,13)14)6(5-11)4-7(16-9)2-3-15/h4H,2,5H2,1H3. The summed E-state index contributed by atoms with van der Waals surface area (Å²) in [6.07, 6.45) is -4.86. The molecule has 98 valence electrons. The molecule has 0 aliphatic carbocycles. The van der Waals surface area contributed by atoms with Crippen molar-refractivity contribution in [3.05, 3.63) is 17.3 Å². The van der Waals surface area contributed by atoms with Gasteiger partial charge in [-0.15, -0.1) is 13.2 Å². The summed E-state index contributed by atoms with van der Waals surface area (Å²) in [5.41, 5.74) is 0.530. The number of nitrogens with zero attached hydrogens (tertiary/aromatic N) is 2. The van der Waals surface area contributed by atoms with Crippen LogP contribution < -0.4 is 9.47 Å². The van der Waals surface area contributed by atoms with Crippen LogP contribution in [0.1, 0.15) is 11.3 Å². The van der Waals surface area contributed by atoms with E-state index in [4.69, 9.17) is 10.00 Å². The fraction of sp³-hybridized carbons (Fsp3) is 0.400. The average molecular weight is 325 g/mol. The quantitative estimate of drug-likeness (QED) is 0.799. The Morgan fingerprint density at radius 1 is 1.50 bits per heavy atom. The van der Waals surface area contributed by atoms with E-state index in [2.05, 4.69) is 25.7 Å².